The molecule has 130 valence electrons. The molecule has 4 N–H and O–H groups in total. The van der Waals surface area contributed by atoms with Crippen LogP contribution < -0.4 is 20.6 Å². The van der Waals surface area contributed by atoms with E-state index in [1.807, 2.05) is 0 Å². The molecule has 2 amide bonds. The van der Waals surface area contributed by atoms with Crippen LogP contribution in [-0.2, 0) is 6.61 Å². The van der Waals surface area contributed by atoms with Crippen molar-refractivity contribution < 1.29 is 24.2 Å². The van der Waals surface area contributed by atoms with Crippen molar-refractivity contribution >= 4 is 18.2 Å². The minimum Gasteiger partial charge on any atom is -0.493 e. The number of amides is 2. The molecule has 2 rings (SSSR count). The zero-order valence-corrected chi connectivity index (χ0v) is 13.4. The standard InChI is InChI=1S/C17H17N3O5/c1-24-15-8-12(9-19-20-17(18)23)4-7-14(15)25-10-11-2-5-13(6-3-11)16(21)22/h2-9H,10H2,1H3,(H,21,22)(H3,18,20,23)/b19-9-. The Morgan fingerprint density at radius 3 is 2.52 bits per heavy atom. The summed E-state index contributed by atoms with van der Waals surface area (Å²) in [6, 6.07) is 10.8. The summed E-state index contributed by atoms with van der Waals surface area (Å²) in [4.78, 5) is 21.4. The van der Waals surface area contributed by atoms with E-state index in [1.165, 1.54) is 25.5 Å². The number of hydrogen-bond acceptors (Lipinski definition) is 5. The Balaban J connectivity index is 2.04. The second kappa shape index (κ2) is 8.34. The molecule has 0 saturated heterocycles. The fraction of sp³-hybridized carbons (Fsp3) is 0.118. The predicted octanol–water partition coefficient (Wildman–Crippen LogP) is 1.97. The molecule has 0 aromatic heterocycles. The number of nitrogens with one attached hydrogen (secondary N) is 1. The van der Waals surface area contributed by atoms with Crippen molar-refractivity contribution in [3.63, 3.8) is 0 Å². The van der Waals surface area contributed by atoms with Crippen LogP contribution in [0, 0.1) is 0 Å². The lowest BCUT2D eigenvalue weighted by Crippen LogP contribution is -2.24. The number of carboxylic acids is 1. The fourth-order valence-corrected chi connectivity index (χ4v) is 1.96. The highest BCUT2D eigenvalue weighted by molar-refractivity contribution is 5.87. The molecule has 0 unspecified atom stereocenters. The molecule has 0 bridgehead atoms. The van der Waals surface area contributed by atoms with Crippen LogP contribution in [0.15, 0.2) is 47.6 Å². The average Bonchev–Trinajstić information content (AvgIpc) is 2.60. The van der Waals surface area contributed by atoms with Gasteiger partial charge in [0.05, 0.1) is 18.9 Å². The van der Waals surface area contributed by atoms with Gasteiger partial charge in [0.2, 0.25) is 0 Å². The van der Waals surface area contributed by atoms with E-state index in [9.17, 15) is 9.59 Å². The number of benzene rings is 2. The molecule has 0 radical (unpaired) electrons. The van der Waals surface area contributed by atoms with Crippen molar-refractivity contribution in [3.8, 4) is 11.5 Å². The largest absolute Gasteiger partial charge is 0.493 e. The summed E-state index contributed by atoms with van der Waals surface area (Å²) in [5.41, 5.74) is 8.74. The number of rotatable bonds is 7. The summed E-state index contributed by atoms with van der Waals surface area (Å²) in [6.07, 6.45) is 1.42. The number of hydrogen-bond donors (Lipinski definition) is 3. The van der Waals surface area contributed by atoms with E-state index < -0.39 is 12.0 Å². The number of carboxylic acid groups (broad SMARTS) is 1. The Hall–Kier alpha value is -3.55. The summed E-state index contributed by atoms with van der Waals surface area (Å²) in [6.45, 7) is 0.257. The number of carbonyl (C=O) groups is 2. The molecule has 0 aliphatic carbocycles. The van der Waals surface area contributed by atoms with Crippen LogP contribution in [-0.4, -0.2) is 30.4 Å². The van der Waals surface area contributed by atoms with Crippen molar-refractivity contribution in [1.29, 1.82) is 0 Å². The highest BCUT2D eigenvalue weighted by Gasteiger charge is 2.07. The Kier molecular flexibility index (Phi) is 5.94. The summed E-state index contributed by atoms with van der Waals surface area (Å²) in [5, 5.41) is 12.5. The third-order valence-corrected chi connectivity index (χ3v) is 3.17. The van der Waals surface area contributed by atoms with E-state index in [0.717, 1.165) is 5.56 Å². The van der Waals surface area contributed by atoms with Crippen molar-refractivity contribution in [2.24, 2.45) is 10.8 Å². The van der Waals surface area contributed by atoms with E-state index in [-0.39, 0.29) is 12.2 Å². The van der Waals surface area contributed by atoms with Gasteiger partial charge in [-0.05, 0) is 41.5 Å². The van der Waals surface area contributed by atoms with Gasteiger partial charge >= 0.3 is 12.0 Å². The minimum atomic E-state index is -0.975. The van der Waals surface area contributed by atoms with Crippen LogP contribution >= 0.6 is 0 Å². The van der Waals surface area contributed by atoms with E-state index in [0.29, 0.717) is 17.1 Å². The number of nitrogens with zero attached hydrogens (tertiary/aromatic N) is 1. The van der Waals surface area contributed by atoms with Gasteiger partial charge in [-0.2, -0.15) is 5.10 Å². The molecule has 0 aliphatic rings. The molecule has 25 heavy (non-hydrogen) atoms. The van der Waals surface area contributed by atoms with Gasteiger partial charge in [-0.15, -0.1) is 0 Å². The highest BCUT2D eigenvalue weighted by Crippen LogP contribution is 2.28. The summed E-state index contributed by atoms with van der Waals surface area (Å²) < 4.78 is 11.0. The van der Waals surface area contributed by atoms with Crippen LogP contribution in [0.3, 0.4) is 0 Å². The molecule has 2 aromatic rings. The second-order valence-electron chi connectivity index (χ2n) is 4.94. The minimum absolute atomic E-state index is 0.217. The number of nitrogens with two attached hydrogens (primary N) is 1. The third kappa shape index (κ3) is 5.24. The van der Waals surface area contributed by atoms with Gasteiger partial charge in [0.25, 0.3) is 0 Å². The van der Waals surface area contributed by atoms with Gasteiger partial charge in [-0.25, -0.2) is 15.0 Å². The van der Waals surface area contributed by atoms with Gasteiger partial charge in [0, 0.05) is 0 Å². The summed E-state index contributed by atoms with van der Waals surface area (Å²) in [5.74, 6) is 0.0345. The predicted molar refractivity (Wildman–Crippen MR) is 91.0 cm³/mol. The maximum atomic E-state index is 10.8. The number of carbonyl (C=O) groups excluding carboxylic acids is 1. The lowest BCUT2D eigenvalue weighted by molar-refractivity contribution is 0.0697. The lowest BCUT2D eigenvalue weighted by atomic mass is 10.1. The first kappa shape index (κ1) is 17.8. The van der Waals surface area contributed by atoms with Crippen molar-refractivity contribution in [2.75, 3.05) is 7.11 Å². The molecule has 0 fully saturated rings. The molecular formula is C17H17N3O5. The highest BCUT2D eigenvalue weighted by atomic mass is 16.5. The first-order chi connectivity index (χ1) is 12.0. The number of aromatic carboxylic acids is 1. The molecule has 2 aromatic carbocycles. The maximum Gasteiger partial charge on any atom is 0.335 e. The molecular weight excluding hydrogens is 326 g/mol. The van der Waals surface area contributed by atoms with E-state index in [2.05, 4.69) is 10.5 Å². The number of methoxy groups -OCH3 is 1. The van der Waals surface area contributed by atoms with E-state index in [4.69, 9.17) is 20.3 Å². The number of ether oxygens (including phenoxy) is 2. The maximum absolute atomic E-state index is 10.8. The quantitative estimate of drug-likeness (QED) is 0.524. The molecule has 0 saturated carbocycles. The van der Waals surface area contributed by atoms with Crippen LogP contribution in [0.4, 0.5) is 4.79 Å². The monoisotopic (exact) mass is 343 g/mol. The molecule has 0 spiro atoms. The molecule has 8 nitrogen and oxygen atoms in total. The fourth-order valence-electron chi connectivity index (χ4n) is 1.96. The number of hydrazone groups is 1. The van der Waals surface area contributed by atoms with Crippen molar-refractivity contribution in [3.05, 3.63) is 59.2 Å². The zero-order chi connectivity index (χ0) is 18.2. The summed E-state index contributed by atoms with van der Waals surface area (Å²) in [7, 11) is 1.51. The van der Waals surface area contributed by atoms with Gasteiger partial charge in [-0.1, -0.05) is 12.1 Å². The molecule has 0 heterocycles. The topological polar surface area (TPSA) is 123 Å². The number of urea groups is 1. The summed E-state index contributed by atoms with van der Waals surface area (Å²) >= 11 is 0. The molecule has 0 aliphatic heterocycles. The van der Waals surface area contributed by atoms with E-state index in [1.54, 1.807) is 30.3 Å². The van der Waals surface area contributed by atoms with Crippen LogP contribution in [0.25, 0.3) is 0 Å². The van der Waals surface area contributed by atoms with Crippen molar-refractivity contribution in [1.82, 2.24) is 5.43 Å². The molecule has 0 atom stereocenters. The van der Waals surface area contributed by atoms with Gasteiger partial charge < -0.3 is 20.3 Å². The zero-order valence-electron chi connectivity index (χ0n) is 13.4. The van der Waals surface area contributed by atoms with Crippen LogP contribution in [0.2, 0.25) is 0 Å². The van der Waals surface area contributed by atoms with Gasteiger partial charge in [0.1, 0.15) is 6.61 Å². The second-order valence-corrected chi connectivity index (χ2v) is 4.94. The lowest BCUT2D eigenvalue weighted by Gasteiger charge is -2.11. The Morgan fingerprint density at radius 2 is 1.92 bits per heavy atom. The normalized spacial score (nSPS) is 10.4. The van der Waals surface area contributed by atoms with E-state index >= 15 is 0 Å². The van der Waals surface area contributed by atoms with Crippen LogP contribution in [0.1, 0.15) is 21.5 Å². The van der Waals surface area contributed by atoms with Crippen LogP contribution in [0.5, 0.6) is 11.5 Å². The Bertz CT molecular complexity index is 787. The third-order valence-electron chi connectivity index (χ3n) is 3.17. The first-order valence-corrected chi connectivity index (χ1v) is 7.21. The van der Waals surface area contributed by atoms with Gasteiger partial charge in [-0.3, -0.25) is 0 Å². The smallest absolute Gasteiger partial charge is 0.335 e. The molecule has 8 heteroatoms. The average molecular weight is 343 g/mol. The Labute approximate surface area is 143 Å². The first-order valence-electron chi connectivity index (χ1n) is 7.21. The number of primary amides is 1. The van der Waals surface area contributed by atoms with Crippen molar-refractivity contribution in [2.45, 2.75) is 6.61 Å². The Morgan fingerprint density at radius 1 is 1.20 bits per heavy atom. The SMILES string of the molecule is COc1cc(/C=N\NC(N)=O)ccc1OCc1ccc(C(=O)O)cc1. The van der Waals surface area contributed by atoms with Gasteiger partial charge in [0.15, 0.2) is 11.5 Å².